The van der Waals surface area contributed by atoms with Crippen LogP contribution in [0.4, 0.5) is 11.6 Å². The maximum absolute atomic E-state index is 5.53. The highest BCUT2D eigenvalue weighted by Gasteiger charge is 2.30. The van der Waals surface area contributed by atoms with Crippen LogP contribution >= 0.6 is 0 Å². The topological polar surface area (TPSA) is 67.1 Å². The van der Waals surface area contributed by atoms with Gasteiger partial charge in [-0.3, -0.25) is 0 Å². The molecule has 1 aromatic rings. The zero-order valence-corrected chi connectivity index (χ0v) is 12.2. The number of aromatic nitrogens is 2. The molecule has 2 heterocycles. The van der Waals surface area contributed by atoms with Gasteiger partial charge in [0, 0.05) is 24.6 Å². The first-order chi connectivity index (χ1) is 9.19. The molecular formula is C14H25N5. The first-order valence-electron chi connectivity index (χ1n) is 7.32. The van der Waals surface area contributed by atoms with Crippen LogP contribution in [0.1, 0.15) is 52.3 Å². The van der Waals surface area contributed by atoms with Gasteiger partial charge >= 0.3 is 0 Å². The summed E-state index contributed by atoms with van der Waals surface area (Å²) in [6.07, 6.45) is 5.57. The summed E-state index contributed by atoms with van der Waals surface area (Å²) >= 11 is 0. The molecule has 0 aliphatic carbocycles. The van der Waals surface area contributed by atoms with Crippen molar-refractivity contribution in [2.45, 2.75) is 65.0 Å². The first kappa shape index (κ1) is 14.1. The van der Waals surface area contributed by atoms with Crippen molar-refractivity contribution in [2.24, 2.45) is 5.84 Å². The summed E-state index contributed by atoms with van der Waals surface area (Å²) < 4.78 is 0. The minimum atomic E-state index is 0.542. The number of nitrogens with one attached hydrogen (secondary N) is 1. The third kappa shape index (κ3) is 2.97. The summed E-state index contributed by atoms with van der Waals surface area (Å²) in [6, 6.07) is 3.09. The fourth-order valence-electron chi connectivity index (χ4n) is 2.91. The molecule has 0 spiro atoms. The number of hydrazine groups is 1. The van der Waals surface area contributed by atoms with Crippen molar-refractivity contribution >= 4 is 11.6 Å². The van der Waals surface area contributed by atoms with E-state index in [1.54, 1.807) is 0 Å². The number of rotatable bonds is 5. The summed E-state index contributed by atoms with van der Waals surface area (Å²) in [5, 5.41) is 0. The Bertz CT molecular complexity index is 420. The van der Waals surface area contributed by atoms with Crippen LogP contribution in [0, 0.1) is 0 Å². The summed E-state index contributed by atoms with van der Waals surface area (Å²) in [4.78, 5) is 11.6. The Balaban J connectivity index is 2.34. The standard InChI is InChI=1S/C14H25N5/c1-4-6-12-16-13(18-15)9-14(17-12)19-10(3)7-8-11(19)5-2/h9-11H,4-8,15H2,1-3H3,(H,16,17,18). The molecule has 5 nitrogen and oxygen atoms in total. The molecule has 1 saturated heterocycles. The molecule has 1 aliphatic rings. The van der Waals surface area contributed by atoms with Gasteiger partial charge in [-0.1, -0.05) is 13.8 Å². The molecule has 3 N–H and O–H groups in total. The Hall–Kier alpha value is -1.36. The van der Waals surface area contributed by atoms with Crippen molar-refractivity contribution in [3.8, 4) is 0 Å². The lowest BCUT2D eigenvalue weighted by Crippen LogP contribution is -2.35. The van der Waals surface area contributed by atoms with E-state index >= 15 is 0 Å². The fourth-order valence-corrected chi connectivity index (χ4v) is 2.91. The molecule has 1 aromatic heterocycles. The maximum atomic E-state index is 5.53. The number of nitrogens with two attached hydrogens (primary N) is 1. The highest BCUT2D eigenvalue weighted by molar-refractivity contribution is 5.51. The molecular weight excluding hydrogens is 238 g/mol. The molecule has 19 heavy (non-hydrogen) atoms. The van der Waals surface area contributed by atoms with Gasteiger partial charge in [0.1, 0.15) is 17.5 Å². The Kier molecular flexibility index (Phi) is 4.58. The molecule has 0 bridgehead atoms. The van der Waals surface area contributed by atoms with Crippen molar-refractivity contribution in [1.82, 2.24) is 9.97 Å². The van der Waals surface area contributed by atoms with Crippen LogP contribution in [0.25, 0.3) is 0 Å². The Labute approximate surface area is 115 Å². The first-order valence-corrected chi connectivity index (χ1v) is 7.32. The molecule has 2 rings (SSSR count). The van der Waals surface area contributed by atoms with E-state index in [4.69, 9.17) is 10.8 Å². The molecule has 0 saturated carbocycles. The third-order valence-corrected chi connectivity index (χ3v) is 3.90. The van der Waals surface area contributed by atoms with Crippen LogP contribution < -0.4 is 16.2 Å². The van der Waals surface area contributed by atoms with Crippen molar-refractivity contribution in [3.05, 3.63) is 11.9 Å². The molecule has 0 amide bonds. The number of nitrogens with zero attached hydrogens (tertiary/aromatic N) is 3. The van der Waals surface area contributed by atoms with Crippen LogP contribution in [0.3, 0.4) is 0 Å². The number of nitrogen functional groups attached to an aromatic ring is 1. The van der Waals surface area contributed by atoms with E-state index < -0.39 is 0 Å². The van der Waals surface area contributed by atoms with Gasteiger partial charge in [0.25, 0.3) is 0 Å². The normalized spacial score (nSPS) is 22.8. The molecule has 0 radical (unpaired) electrons. The zero-order valence-electron chi connectivity index (χ0n) is 12.2. The number of anilines is 2. The summed E-state index contributed by atoms with van der Waals surface area (Å²) in [5.41, 5.74) is 2.66. The third-order valence-electron chi connectivity index (χ3n) is 3.90. The lowest BCUT2D eigenvalue weighted by atomic mass is 10.1. The highest BCUT2D eigenvalue weighted by Crippen LogP contribution is 2.31. The van der Waals surface area contributed by atoms with E-state index in [0.29, 0.717) is 17.9 Å². The predicted octanol–water partition coefficient (Wildman–Crippen LogP) is 2.48. The average molecular weight is 263 g/mol. The van der Waals surface area contributed by atoms with Gasteiger partial charge in [-0.05, 0) is 32.6 Å². The van der Waals surface area contributed by atoms with Crippen molar-refractivity contribution < 1.29 is 0 Å². The van der Waals surface area contributed by atoms with Crippen molar-refractivity contribution in [3.63, 3.8) is 0 Å². The van der Waals surface area contributed by atoms with E-state index in [0.717, 1.165) is 30.9 Å². The minimum absolute atomic E-state index is 0.542. The smallest absolute Gasteiger partial charge is 0.145 e. The van der Waals surface area contributed by atoms with E-state index in [2.05, 4.69) is 36.1 Å². The maximum Gasteiger partial charge on any atom is 0.145 e. The second kappa shape index (κ2) is 6.19. The minimum Gasteiger partial charge on any atom is -0.351 e. The van der Waals surface area contributed by atoms with Gasteiger partial charge < -0.3 is 10.3 Å². The van der Waals surface area contributed by atoms with Crippen LogP contribution in [0.15, 0.2) is 6.07 Å². The van der Waals surface area contributed by atoms with Crippen LogP contribution in [0.5, 0.6) is 0 Å². The average Bonchev–Trinajstić information content (AvgIpc) is 2.79. The zero-order chi connectivity index (χ0) is 13.8. The number of hydrogen-bond donors (Lipinski definition) is 2. The molecule has 1 aliphatic heterocycles. The van der Waals surface area contributed by atoms with Gasteiger partial charge in [-0.2, -0.15) is 0 Å². The van der Waals surface area contributed by atoms with Gasteiger partial charge in [0.05, 0.1) is 0 Å². The highest BCUT2D eigenvalue weighted by atomic mass is 15.3. The second-order valence-corrected chi connectivity index (χ2v) is 5.32. The Morgan fingerprint density at radius 1 is 1.37 bits per heavy atom. The second-order valence-electron chi connectivity index (χ2n) is 5.32. The lowest BCUT2D eigenvalue weighted by Gasteiger charge is -2.29. The molecule has 2 atom stereocenters. The molecule has 0 aromatic carbocycles. The molecule has 106 valence electrons. The van der Waals surface area contributed by atoms with E-state index in [9.17, 15) is 0 Å². The van der Waals surface area contributed by atoms with E-state index in [-0.39, 0.29) is 0 Å². The van der Waals surface area contributed by atoms with Crippen LogP contribution in [-0.4, -0.2) is 22.1 Å². The Morgan fingerprint density at radius 2 is 2.16 bits per heavy atom. The van der Waals surface area contributed by atoms with Gasteiger partial charge in [0.15, 0.2) is 0 Å². The van der Waals surface area contributed by atoms with E-state index in [1.807, 2.05) is 6.07 Å². The van der Waals surface area contributed by atoms with Crippen molar-refractivity contribution in [2.75, 3.05) is 10.3 Å². The Morgan fingerprint density at radius 3 is 2.79 bits per heavy atom. The quantitative estimate of drug-likeness (QED) is 0.631. The van der Waals surface area contributed by atoms with Crippen molar-refractivity contribution in [1.29, 1.82) is 0 Å². The van der Waals surface area contributed by atoms with Crippen LogP contribution in [0.2, 0.25) is 0 Å². The monoisotopic (exact) mass is 263 g/mol. The summed E-state index contributed by atoms with van der Waals surface area (Å²) in [7, 11) is 0. The lowest BCUT2D eigenvalue weighted by molar-refractivity contribution is 0.618. The predicted molar refractivity (Wildman–Crippen MR) is 79.1 cm³/mol. The molecule has 2 unspecified atom stereocenters. The number of aryl methyl sites for hydroxylation is 1. The largest absolute Gasteiger partial charge is 0.351 e. The van der Waals surface area contributed by atoms with Gasteiger partial charge in [0.2, 0.25) is 0 Å². The SMILES string of the molecule is CCCc1nc(NN)cc(N2C(C)CCC2CC)n1. The van der Waals surface area contributed by atoms with Gasteiger partial charge in [-0.25, -0.2) is 15.8 Å². The van der Waals surface area contributed by atoms with Crippen LogP contribution in [-0.2, 0) is 6.42 Å². The van der Waals surface area contributed by atoms with Gasteiger partial charge in [-0.15, -0.1) is 0 Å². The summed E-state index contributed by atoms with van der Waals surface area (Å²) in [5.74, 6) is 8.13. The molecule has 5 heteroatoms. The summed E-state index contributed by atoms with van der Waals surface area (Å²) in [6.45, 7) is 6.65. The number of hydrogen-bond acceptors (Lipinski definition) is 5. The fraction of sp³-hybridized carbons (Fsp3) is 0.714. The molecule has 1 fully saturated rings. The van der Waals surface area contributed by atoms with E-state index in [1.165, 1.54) is 12.8 Å².